The Morgan fingerprint density at radius 3 is 2.13 bits per heavy atom. The van der Waals surface area contributed by atoms with Gasteiger partial charge >= 0.3 is 6.03 Å². The normalized spacial score (nSPS) is 20.7. The second kappa shape index (κ2) is 8.74. The first kappa shape index (κ1) is 22.9. The number of nitrogens with two attached hydrogens (primary N) is 2. The Balaban J connectivity index is 0.000000187. The van der Waals surface area contributed by atoms with Crippen LogP contribution in [0.2, 0.25) is 0 Å². The minimum Gasteiger partial charge on any atom is -0.386 e. The standard InChI is InChI=1S/C14H19N3O.C7H11NO2S2/c1-7-3-5-9-11(7)16-12-8(2)4-6-10(12)13(9)17-14(15)18;1-7(2,9)5-3-6(11-4-5)12(8)10/h7-8H,3-6H2,1-2H3,(H3,15,16,17,18);3-4,9H,8H2,1-2H3. The number of aromatic nitrogens is 1. The molecule has 0 saturated heterocycles. The fourth-order valence-corrected chi connectivity index (χ4v) is 5.60. The maximum Gasteiger partial charge on any atom is 0.316 e. The van der Waals surface area contributed by atoms with E-state index in [2.05, 4.69) is 19.2 Å². The Morgan fingerprint density at radius 2 is 1.77 bits per heavy atom. The van der Waals surface area contributed by atoms with Gasteiger partial charge in [0.25, 0.3) is 0 Å². The molecule has 2 aromatic rings. The number of hydrogen-bond donors (Lipinski definition) is 4. The third-order valence-electron chi connectivity index (χ3n) is 5.78. The number of amides is 2. The summed E-state index contributed by atoms with van der Waals surface area (Å²) in [7, 11) is -1.44. The number of primary amides is 1. The lowest BCUT2D eigenvalue weighted by Gasteiger charge is -2.16. The average molecular weight is 451 g/mol. The summed E-state index contributed by atoms with van der Waals surface area (Å²) in [6.45, 7) is 7.77. The van der Waals surface area contributed by atoms with E-state index in [9.17, 15) is 14.1 Å². The molecule has 2 amide bonds. The summed E-state index contributed by atoms with van der Waals surface area (Å²) >= 11 is 1.30. The van der Waals surface area contributed by atoms with Gasteiger partial charge in [0.05, 0.1) is 11.3 Å². The number of carbonyl (C=O) groups excluding carboxylic acids is 1. The Bertz CT molecular complexity index is 945. The summed E-state index contributed by atoms with van der Waals surface area (Å²) in [6, 6.07) is 1.20. The first-order valence-electron chi connectivity index (χ1n) is 10.1. The van der Waals surface area contributed by atoms with Gasteiger partial charge in [0.1, 0.15) is 15.2 Å². The van der Waals surface area contributed by atoms with E-state index < -0.39 is 22.6 Å². The van der Waals surface area contributed by atoms with Crippen LogP contribution in [0.15, 0.2) is 15.7 Å². The second-order valence-corrected chi connectivity index (χ2v) is 10.8. The van der Waals surface area contributed by atoms with Crippen LogP contribution in [0.3, 0.4) is 0 Å². The van der Waals surface area contributed by atoms with Crippen molar-refractivity contribution in [2.45, 2.75) is 75.0 Å². The molecule has 164 valence electrons. The predicted molar refractivity (Wildman–Crippen MR) is 121 cm³/mol. The monoisotopic (exact) mass is 450 g/mol. The highest BCUT2D eigenvalue weighted by atomic mass is 32.2. The Labute approximate surface area is 183 Å². The number of urea groups is 1. The van der Waals surface area contributed by atoms with Crippen LogP contribution >= 0.6 is 11.3 Å². The lowest BCUT2D eigenvalue weighted by atomic mass is 10.0. The summed E-state index contributed by atoms with van der Waals surface area (Å²) in [6.07, 6.45) is 4.24. The van der Waals surface area contributed by atoms with Gasteiger partial charge in [-0.3, -0.25) is 4.98 Å². The summed E-state index contributed by atoms with van der Waals surface area (Å²) in [5, 5.41) is 19.3. The van der Waals surface area contributed by atoms with E-state index in [1.807, 2.05) is 0 Å². The minimum absolute atomic E-state index is 0.468. The lowest BCUT2D eigenvalue weighted by Crippen LogP contribution is -2.22. The highest BCUT2D eigenvalue weighted by Crippen LogP contribution is 2.44. The molecule has 0 aliphatic heterocycles. The Hall–Kier alpha value is -1.81. The molecule has 0 radical (unpaired) electrons. The maximum atomic E-state index is 11.2. The highest BCUT2D eigenvalue weighted by Gasteiger charge is 2.32. The zero-order valence-corrected chi connectivity index (χ0v) is 19.5. The van der Waals surface area contributed by atoms with Crippen molar-refractivity contribution >= 4 is 34.0 Å². The van der Waals surface area contributed by atoms with Crippen molar-refractivity contribution in [3.8, 4) is 0 Å². The molecule has 2 heterocycles. The average Bonchev–Trinajstić information content (AvgIpc) is 3.35. The van der Waals surface area contributed by atoms with Gasteiger partial charge in [-0.15, -0.1) is 11.3 Å². The predicted octanol–water partition coefficient (Wildman–Crippen LogP) is 3.63. The molecular weight excluding hydrogens is 420 g/mol. The molecular formula is C21H30N4O3S2. The number of aliphatic hydroxyl groups is 1. The van der Waals surface area contributed by atoms with E-state index in [0.717, 1.165) is 36.9 Å². The molecule has 7 nitrogen and oxygen atoms in total. The molecule has 0 fully saturated rings. The van der Waals surface area contributed by atoms with Crippen molar-refractivity contribution < 1.29 is 14.1 Å². The van der Waals surface area contributed by atoms with Crippen LogP contribution in [0.5, 0.6) is 0 Å². The number of rotatable bonds is 3. The number of thiophene rings is 1. The summed E-state index contributed by atoms with van der Waals surface area (Å²) in [5.74, 6) is 0.984. The largest absolute Gasteiger partial charge is 0.386 e. The smallest absolute Gasteiger partial charge is 0.316 e. The van der Waals surface area contributed by atoms with E-state index in [0.29, 0.717) is 16.0 Å². The Morgan fingerprint density at radius 1 is 1.23 bits per heavy atom. The van der Waals surface area contributed by atoms with Crippen molar-refractivity contribution in [1.29, 1.82) is 0 Å². The quantitative estimate of drug-likeness (QED) is 0.568. The summed E-state index contributed by atoms with van der Waals surface area (Å²) in [5.41, 5.74) is 10.9. The van der Waals surface area contributed by atoms with Gasteiger partial charge in [0.15, 0.2) is 0 Å². The molecule has 30 heavy (non-hydrogen) atoms. The van der Waals surface area contributed by atoms with Gasteiger partial charge in [0.2, 0.25) is 0 Å². The van der Waals surface area contributed by atoms with E-state index in [4.69, 9.17) is 15.9 Å². The first-order valence-corrected chi connectivity index (χ1v) is 12.2. The number of pyridine rings is 1. The summed E-state index contributed by atoms with van der Waals surface area (Å²) in [4.78, 5) is 16.1. The van der Waals surface area contributed by atoms with Crippen LogP contribution < -0.4 is 16.2 Å². The fraction of sp³-hybridized carbons (Fsp3) is 0.524. The van der Waals surface area contributed by atoms with E-state index >= 15 is 0 Å². The second-order valence-electron chi connectivity index (χ2n) is 8.59. The van der Waals surface area contributed by atoms with Crippen molar-refractivity contribution in [2.24, 2.45) is 10.9 Å². The van der Waals surface area contributed by atoms with Crippen molar-refractivity contribution in [1.82, 2.24) is 4.98 Å². The minimum atomic E-state index is -1.44. The van der Waals surface area contributed by atoms with E-state index in [1.165, 1.54) is 33.9 Å². The van der Waals surface area contributed by atoms with Crippen LogP contribution in [-0.2, 0) is 29.4 Å². The van der Waals surface area contributed by atoms with Crippen molar-refractivity contribution in [2.75, 3.05) is 5.32 Å². The number of anilines is 1. The summed E-state index contributed by atoms with van der Waals surface area (Å²) < 4.78 is 11.4. The van der Waals surface area contributed by atoms with Crippen LogP contribution in [0.1, 0.15) is 80.5 Å². The van der Waals surface area contributed by atoms with Crippen LogP contribution in [0, 0.1) is 0 Å². The number of carbonyl (C=O) groups is 1. The number of hydrogen-bond acceptors (Lipinski definition) is 5. The highest BCUT2D eigenvalue weighted by molar-refractivity contribution is 7.85. The molecule has 3 unspecified atom stereocenters. The molecule has 4 rings (SSSR count). The molecule has 3 atom stereocenters. The van der Waals surface area contributed by atoms with Gasteiger partial charge < -0.3 is 16.2 Å². The third kappa shape index (κ3) is 4.74. The molecule has 2 aromatic heterocycles. The van der Waals surface area contributed by atoms with Crippen LogP contribution in [0.25, 0.3) is 0 Å². The van der Waals surface area contributed by atoms with Crippen molar-refractivity contribution in [3.05, 3.63) is 39.5 Å². The topological polar surface area (TPSA) is 131 Å². The van der Waals surface area contributed by atoms with Gasteiger partial charge in [-0.2, -0.15) is 0 Å². The van der Waals surface area contributed by atoms with E-state index in [-0.39, 0.29) is 0 Å². The molecule has 0 aromatic carbocycles. The van der Waals surface area contributed by atoms with Crippen LogP contribution in [-0.4, -0.2) is 20.3 Å². The SMILES string of the molecule is CC(C)(O)c1csc(S(N)=O)c1.CC1CCc2c1nc1c(c2NC(N)=O)CCC1C. The maximum absolute atomic E-state index is 11.2. The van der Waals surface area contributed by atoms with Gasteiger partial charge in [-0.1, -0.05) is 13.8 Å². The molecule has 0 bridgehead atoms. The molecule has 2 aliphatic carbocycles. The van der Waals surface area contributed by atoms with Crippen molar-refractivity contribution in [3.63, 3.8) is 0 Å². The molecule has 2 aliphatic rings. The van der Waals surface area contributed by atoms with Gasteiger partial charge in [-0.05, 0) is 79.5 Å². The number of nitrogens with zero attached hydrogens (tertiary/aromatic N) is 1. The van der Waals surface area contributed by atoms with Crippen LogP contribution in [0.4, 0.5) is 10.5 Å². The van der Waals surface area contributed by atoms with E-state index in [1.54, 1.807) is 25.3 Å². The van der Waals surface area contributed by atoms with Gasteiger partial charge in [0, 0.05) is 11.4 Å². The zero-order chi connectivity index (χ0) is 22.2. The first-order chi connectivity index (χ1) is 14.0. The lowest BCUT2D eigenvalue weighted by molar-refractivity contribution is 0.0789. The Kier molecular flexibility index (Phi) is 6.66. The number of nitrogens with one attached hydrogen (secondary N) is 1. The molecule has 6 N–H and O–H groups in total. The zero-order valence-electron chi connectivity index (χ0n) is 17.8. The molecule has 0 spiro atoms. The van der Waals surface area contributed by atoms with Gasteiger partial charge in [-0.25, -0.2) is 14.1 Å². The molecule has 0 saturated carbocycles. The fourth-order valence-electron chi connectivity index (χ4n) is 4.04. The molecule has 9 heteroatoms. The third-order valence-corrected chi connectivity index (χ3v) is 7.80. The number of fused-ring (bicyclic) bond motifs is 2.